The third-order valence-electron chi connectivity index (χ3n) is 2.59. The summed E-state index contributed by atoms with van der Waals surface area (Å²) < 4.78 is 24.6. The molecule has 0 aliphatic heterocycles. The fraction of sp³-hybridized carbons (Fsp3) is 1.00. The molecule has 0 saturated heterocycles. The first-order chi connectivity index (χ1) is 4.12. The average Bonchev–Trinajstić information content (AvgIpc) is 2.53. The summed E-state index contributed by atoms with van der Waals surface area (Å²) in [4.78, 5) is 0. The molecule has 0 radical (unpaired) electrons. The summed E-state index contributed by atoms with van der Waals surface area (Å²) in [6.45, 7) is -0.0599. The van der Waals surface area contributed by atoms with Gasteiger partial charge in [-0.15, -0.1) is 0 Å². The number of aliphatic hydroxyl groups excluding tert-OH is 1. The summed E-state index contributed by atoms with van der Waals surface area (Å²) in [7, 11) is 0. The molecular weight excluding hydrogens is 126 g/mol. The Labute approximate surface area is 51.7 Å². The van der Waals surface area contributed by atoms with Crippen LogP contribution in [0.25, 0.3) is 0 Å². The van der Waals surface area contributed by atoms with E-state index in [4.69, 9.17) is 5.11 Å². The molecule has 1 spiro atoms. The fourth-order valence-corrected chi connectivity index (χ4v) is 1.64. The SMILES string of the molecule is OCC1CC12CC2(F)F. The van der Waals surface area contributed by atoms with Gasteiger partial charge in [-0.3, -0.25) is 0 Å². The summed E-state index contributed by atoms with van der Waals surface area (Å²) in [5.41, 5.74) is -0.720. The second-order valence-electron chi connectivity index (χ2n) is 3.12. The minimum Gasteiger partial charge on any atom is -0.396 e. The number of hydrogen-bond donors (Lipinski definition) is 1. The van der Waals surface area contributed by atoms with Crippen molar-refractivity contribution in [1.29, 1.82) is 0 Å². The molecule has 2 atom stereocenters. The molecule has 52 valence electrons. The molecule has 0 aromatic rings. The fourth-order valence-electron chi connectivity index (χ4n) is 1.64. The van der Waals surface area contributed by atoms with E-state index in [1.165, 1.54) is 0 Å². The highest BCUT2D eigenvalue weighted by Crippen LogP contribution is 2.78. The molecule has 0 bridgehead atoms. The van der Waals surface area contributed by atoms with Crippen LogP contribution in [0.4, 0.5) is 8.78 Å². The molecule has 1 N–H and O–H groups in total. The molecule has 0 heterocycles. The maximum absolute atomic E-state index is 12.3. The zero-order valence-corrected chi connectivity index (χ0v) is 4.90. The predicted molar refractivity (Wildman–Crippen MR) is 27.2 cm³/mol. The summed E-state index contributed by atoms with van der Waals surface area (Å²) in [5, 5.41) is 8.48. The van der Waals surface area contributed by atoms with Crippen molar-refractivity contribution >= 4 is 0 Å². The van der Waals surface area contributed by atoms with Gasteiger partial charge in [-0.05, 0) is 12.3 Å². The Kier molecular flexibility index (Phi) is 0.712. The van der Waals surface area contributed by atoms with Crippen molar-refractivity contribution in [2.45, 2.75) is 18.8 Å². The Morgan fingerprint density at radius 3 is 2.22 bits per heavy atom. The molecule has 2 unspecified atom stereocenters. The molecule has 1 nitrogen and oxygen atoms in total. The van der Waals surface area contributed by atoms with Gasteiger partial charge in [0.15, 0.2) is 0 Å². The van der Waals surface area contributed by atoms with Gasteiger partial charge in [0.2, 0.25) is 0 Å². The van der Waals surface area contributed by atoms with Crippen molar-refractivity contribution in [2.24, 2.45) is 11.3 Å². The number of hydrogen-bond acceptors (Lipinski definition) is 1. The summed E-state index contributed by atoms with van der Waals surface area (Å²) >= 11 is 0. The maximum Gasteiger partial charge on any atom is 0.255 e. The van der Waals surface area contributed by atoms with Gasteiger partial charge in [-0.1, -0.05) is 0 Å². The van der Waals surface area contributed by atoms with E-state index >= 15 is 0 Å². The zero-order valence-electron chi connectivity index (χ0n) is 4.90. The van der Waals surface area contributed by atoms with E-state index in [2.05, 4.69) is 0 Å². The standard InChI is InChI=1S/C6H8F2O/c7-6(8)3-5(6)1-4(5)2-9/h4,9H,1-3H2. The molecule has 0 aromatic heterocycles. The van der Waals surface area contributed by atoms with Crippen molar-refractivity contribution in [3.63, 3.8) is 0 Å². The molecule has 2 saturated carbocycles. The van der Waals surface area contributed by atoms with Crippen molar-refractivity contribution < 1.29 is 13.9 Å². The van der Waals surface area contributed by atoms with Crippen LogP contribution in [0.5, 0.6) is 0 Å². The van der Waals surface area contributed by atoms with Gasteiger partial charge >= 0.3 is 0 Å². The van der Waals surface area contributed by atoms with Gasteiger partial charge in [-0.25, -0.2) is 8.78 Å². The van der Waals surface area contributed by atoms with E-state index in [0.717, 1.165) is 0 Å². The number of rotatable bonds is 1. The molecule has 3 heteroatoms. The Morgan fingerprint density at radius 2 is 2.11 bits per heavy atom. The average molecular weight is 134 g/mol. The smallest absolute Gasteiger partial charge is 0.255 e. The van der Waals surface area contributed by atoms with Crippen LogP contribution in [0.3, 0.4) is 0 Å². The first-order valence-corrected chi connectivity index (χ1v) is 3.11. The van der Waals surface area contributed by atoms with Gasteiger partial charge in [0.1, 0.15) is 0 Å². The summed E-state index contributed by atoms with van der Waals surface area (Å²) in [5.74, 6) is -2.52. The number of halogens is 2. The van der Waals surface area contributed by atoms with Gasteiger partial charge in [0.25, 0.3) is 5.92 Å². The topological polar surface area (TPSA) is 20.2 Å². The van der Waals surface area contributed by atoms with E-state index in [1.807, 2.05) is 0 Å². The van der Waals surface area contributed by atoms with Crippen LogP contribution in [0.15, 0.2) is 0 Å². The Bertz CT molecular complexity index is 157. The van der Waals surface area contributed by atoms with Crippen molar-refractivity contribution in [3.8, 4) is 0 Å². The molecule has 2 rings (SSSR count). The van der Waals surface area contributed by atoms with Crippen LogP contribution in [0, 0.1) is 11.3 Å². The van der Waals surface area contributed by atoms with Gasteiger partial charge < -0.3 is 5.11 Å². The van der Waals surface area contributed by atoms with E-state index in [9.17, 15) is 8.78 Å². The summed E-state index contributed by atoms with van der Waals surface area (Å²) in [6.07, 6.45) is 0.557. The Hall–Kier alpha value is -0.180. The lowest BCUT2D eigenvalue weighted by Crippen LogP contribution is -1.97. The lowest BCUT2D eigenvalue weighted by molar-refractivity contribution is 0.0853. The van der Waals surface area contributed by atoms with Crippen LogP contribution < -0.4 is 0 Å². The zero-order chi connectivity index (χ0) is 6.70. The number of aliphatic hydroxyl groups is 1. The van der Waals surface area contributed by atoms with Crippen molar-refractivity contribution in [2.75, 3.05) is 6.61 Å². The van der Waals surface area contributed by atoms with Gasteiger partial charge in [-0.2, -0.15) is 0 Å². The molecule has 9 heavy (non-hydrogen) atoms. The first-order valence-electron chi connectivity index (χ1n) is 3.11. The van der Waals surface area contributed by atoms with Crippen LogP contribution in [0.2, 0.25) is 0 Å². The van der Waals surface area contributed by atoms with Crippen LogP contribution in [-0.2, 0) is 0 Å². The molecule has 2 fully saturated rings. The quantitative estimate of drug-likeness (QED) is 0.567. The number of alkyl halides is 2. The lowest BCUT2D eigenvalue weighted by atomic mass is 10.3. The molecule has 2 aliphatic carbocycles. The largest absolute Gasteiger partial charge is 0.396 e. The maximum atomic E-state index is 12.3. The van der Waals surface area contributed by atoms with E-state index in [1.54, 1.807) is 0 Å². The van der Waals surface area contributed by atoms with Gasteiger partial charge in [0.05, 0.1) is 0 Å². The summed E-state index contributed by atoms with van der Waals surface area (Å²) in [6, 6.07) is 0. The normalized spacial score (nSPS) is 51.7. The minimum absolute atomic E-state index is 0.0191. The highest BCUT2D eigenvalue weighted by molar-refractivity contribution is 5.24. The van der Waals surface area contributed by atoms with E-state index in [0.29, 0.717) is 6.42 Å². The van der Waals surface area contributed by atoms with E-state index < -0.39 is 11.3 Å². The van der Waals surface area contributed by atoms with Crippen LogP contribution in [-0.4, -0.2) is 17.6 Å². The monoisotopic (exact) mass is 134 g/mol. The Balaban J connectivity index is 2.05. The lowest BCUT2D eigenvalue weighted by Gasteiger charge is -1.90. The van der Waals surface area contributed by atoms with Gasteiger partial charge in [0, 0.05) is 18.4 Å². The molecular formula is C6H8F2O. The third-order valence-corrected chi connectivity index (χ3v) is 2.59. The predicted octanol–water partition coefficient (Wildman–Crippen LogP) is 1.02. The second-order valence-corrected chi connectivity index (χ2v) is 3.12. The van der Waals surface area contributed by atoms with Crippen LogP contribution in [0.1, 0.15) is 12.8 Å². The second kappa shape index (κ2) is 1.15. The molecule has 0 aromatic carbocycles. The Morgan fingerprint density at radius 1 is 1.56 bits per heavy atom. The van der Waals surface area contributed by atoms with Crippen molar-refractivity contribution in [1.82, 2.24) is 0 Å². The van der Waals surface area contributed by atoms with Crippen LogP contribution >= 0.6 is 0 Å². The third kappa shape index (κ3) is 0.467. The highest BCUT2D eigenvalue weighted by Gasteiger charge is 2.82. The molecule has 0 amide bonds. The highest BCUT2D eigenvalue weighted by atomic mass is 19.3. The van der Waals surface area contributed by atoms with Crippen molar-refractivity contribution in [3.05, 3.63) is 0 Å². The first kappa shape index (κ1) is 5.59. The minimum atomic E-state index is -2.43. The van der Waals surface area contributed by atoms with E-state index in [-0.39, 0.29) is 18.9 Å². The molecule has 2 aliphatic rings.